The minimum Gasteiger partial charge on any atom is -0.462 e. The number of nitrogens with zero attached hydrogens (tertiary/aromatic N) is 2. The number of hydrogen-bond acceptors (Lipinski definition) is 3. The van der Waals surface area contributed by atoms with Crippen LogP contribution in [0.15, 0.2) is 18.0 Å². The molecule has 15 heavy (non-hydrogen) atoms. The van der Waals surface area contributed by atoms with Crippen LogP contribution in [-0.2, 0) is 16.6 Å². The summed E-state index contributed by atoms with van der Waals surface area (Å²) < 4.78 is 6.49. The van der Waals surface area contributed by atoms with Gasteiger partial charge in [-0.1, -0.05) is 0 Å². The maximum absolute atomic E-state index is 11.3. The average Bonchev–Trinajstić information content (AvgIpc) is 2.61. The molecule has 1 aromatic heterocycles. The summed E-state index contributed by atoms with van der Waals surface area (Å²) in [6.45, 7) is 1.95. The standard InChI is InChI=1S/C10H11N3O2/c1-3-15-10(14)8(7-11)6-9-12-4-5-13(9)2/h4-6H,3H2,1-2H3/p+1. The predicted octanol–water partition coefficient (Wildman–Crippen LogP) is 0.309. The van der Waals surface area contributed by atoms with E-state index in [1.807, 2.05) is 7.05 Å². The first-order valence-electron chi connectivity index (χ1n) is 4.51. The molecule has 0 aliphatic heterocycles. The van der Waals surface area contributed by atoms with E-state index in [4.69, 9.17) is 10.00 Å². The summed E-state index contributed by atoms with van der Waals surface area (Å²) in [5, 5.41) is 8.77. The summed E-state index contributed by atoms with van der Waals surface area (Å²) in [4.78, 5) is 14.2. The van der Waals surface area contributed by atoms with Gasteiger partial charge in [-0.2, -0.15) is 5.26 Å². The largest absolute Gasteiger partial charge is 0.462 e. The van der Waals surface area contributed by atoms with Gasteiger partial charge < -0.3 is 4.74 Å². The summed E-state index contributed by atoms with van der Waals surface area (Å²) in [7, 11) is 1.81. The lowest BCUT2D eigenvalue weighted by molar-refractivity contribution is -0.671. The first-order valence-corrected chi connectivity index (χ1v) is 4.51. The molecule has 0 aliphatic carbocycles. The molecule has 0 amide bonds. The van der Waals surface area contributed by atoms with Gasteiger partial charge in [0, 0.05) is 0 Å². The molecule has 0 saturated carbocycles. The van der Waals surface area contributed by atoms with Gasteiger partial charge in [0.1, 0.15) is 24.0 Å². The Labute approximate surface area is 87.6 Å². The van der Waals surface area contributed by atoms with E-state index in [2.05, 4.69) is 4.98 Å². The van der Waals surface area contributed by atoms with Crippen molar-refractivity contribution in [2.75, 3.05) is 6.61 Å². The molecule has 0 spiro atoms. The molecule has 0 bridgehead atoms. The van der Waals surface area contributed by atoms with Crippen LogP contribution in [0.1, 0.15) is 12.7 Å². The smallest absolute Gasteiger partial charge is 0.349 e. The van der Waals surface area contributed by atoms with Crippen LogP contribution in [0.25, 0.3) is 6.08 Å². The zero-order chi connectivity index (χ0) is 11.3. The number of aromatic nitrogens is 2. The third-order valence-electron chi connectivity index (χ3n) is 1.81. The number of rotatable bonds is 3. The molecule has 1 aromatic rings. The van der Waals surface area contributed by atoms with Gasteiger partial charge >= 0.3 is 5.97 Å². The Morgan fingerprint density at radius 2 is 2.53 bits per heavy atom. The van der Waals surface area contributed by atoms with E-state index in [0.717, 1.165) is 0 Å². The van der Waals surface area contributed by atoms with E-state index in [1.165, 1.54) is 6.08 Å². The van der Waals surface area contributed by atoms with Crippen molar-refractivity contribution in [3.63, 3.8) is 0 Å². The molecule has 0 unspecified atom stereocenters. The maximum atomic E-state index is 11.3. The van der Waals surface area contributed by atoms with Crippen molar-refractivity contribution in [2.24, 2.45) is 7.05 Å². The Bertz CT molecular complexity index is 426. The van der Waals surface area contributed by atoms with E-state index >= 15 is 0 Å². The van der Waals surface area contributed by atoms with E-state index in [9.17, 15) is 4.79 Å². The minimum atomic E-state index is -0.602. The number of carbonyl (C=O) groups is 1. The summed E-state index contributed by atoms with van der Waals surface area (Å²) in [5.41, 5.74) is -0.0186. The molecule has 0 atom stereocenters. The number of nitriles is 1. The summed E-state index contributed by atoms with van der Waals surface area (Å²) in [6, 6.07) is 1.81. The van der Waals surface area contributed by atoms with Crippen molar-refractivity contribution >= 4 is 12.0 Å². The van der Waals surface area contributed by atoms with Crippen LogP contribution in [0.3, 0.4) is 0 Å². The van der Waals surface area contributed by atoms with Crippen LogP contribution < -0.4 is 4.57 Å². The Kier molecular flexibility index (Phi) is 3.63. The zero-order valence-electron chi connectivity index (χ0n) is 8.65. The topological polar surface area (TPSA) is 69.8 Å². The molecular weight excluding hydrogens is 194 g/mol. The maximum Gasteiger partial charge on any atom is 0.349 e. The zero-order valence-corrected chi connectivity index (χ0v) is 8.65. The van der Waals surface area contributed by atoms with Crippen LogP contribution in [0.5, 0.6) is 0 Å². The van der Waals surface area contributed by atoms with Gasteiger partial charge in [-0.25, -0.2) is 14.3 Å². The molecule has 0 saturated heterocycles. The second kappa shape index (κ2) is 4.96. The van der Waals surface area contributed by atoms with Crippen molar-refractivity contribution in [1.29, 1.82) is 5.26 Å². The molecular formula is C10H12N3O2+. The van der Waals surface area contributed by atoms with Crippen molar-refractivity contribution in [3.05, 3.63) is 23.8 Å². The number of aromatic amines is 1. The number of ether oxygens (including phenoxy) is 1. The minimum absolute atomic E-state index is 0.0186. The number of nitrogens with one attached hydrogen (secondary N) is 1. The van der Waals surface area contributed by atoms with Gasteiger partial charge in [0.15, 0.2) is 0 Å². The molecule has 1 heterocycles. The second-order valence-corrected chi connectivity index (χ2v) is 2.85. The fourth-order valence-electron chi connectivity index (χ4n) is 1.04. The highest BCUT2D eigenvalue weighted by Gasteiger charge is 2.13. The van der Waals surface area contributed by atoms with Crippen molar-refractivity contribution < 1.29 is 14.1 Å². The van der Waals surface area contributed by atoms with Gasteiger partial charge in [-0.05, 0) is 6.92 Å². The van der Waals surface area contributed by atoms with Crippen molar-refractivity contribution in [1.82, 2.24) is 4.98 Å². The number of esters is 1. The van der Waals surface area contributed by atoms with Gasteiger partial charge in [-0.3, -0.25) is 0 Å². The third kappa shape index (κ3) is 2.68. The SMILES string of the molecule is CCOC(=O)C(C#N)=Cc1[nH]cc[n+]1C. The lowest BCUT2D eigenvalue weighted by Gasteiger charge is -1.97. The van der Waals surface area contributed by atoms with E-state index in [0.29, 0.717) is 5.82 Å². The van der Waals surface area contributed by atoms with Gasteiger partial charge in [0.25, 0.3) is 5.82 Å². The summed E-state index contributed by atoms with van der Waals surface area (Å²) >= 11 is 0. The van der Waals surface area contributed by atoms with Crippen LogP contribution >= 0.6 is 0 Å². The molecule has 5 nitrogen and oxygen atoms in total. The third-order valence-corrected chi connectivity index (χ3v) is 1.81. The van der Waals surface area contributed by atoms with Crippen molar-refractivity contribution in [3.8, 4) is 6.07 Å². The number of carbonyl (C=O) groups excluding carboxylic acids is 1. The monoisotopic (exact) mass is 206 g/mol. The molecule has 0 aromatic carbocycles. The first-order chi connectivity index (χ1) is 7.19. The fraction of sp³-hybridized carbons (Fsp3) is 0.300. The fourth-order valence-corrected chi connectivity index (χ4v) is 1.04. The molecule has 0 fully saturated rings. The highest BCUT2D eigenvalue weighted by molar-refractivity contribution is 5.97. The highest BCUT2D eigenvalue weighted by Crippen LogP contribution is 2.01. The predicted molar refractivity (Wildman–Crippen MR) is 52.2 cm³/mol. The summed E-state index contributed by atoms with van der Waals surface area (Å²) in [5.74, 6) is 0.0641. The summed E-state index contributed by atoms with van der Waals surface area (Å²) in [6.07, 6.45) is 4.95. The van der Waals surface area contributed by atoms with Gasteiger partial charge in [0.2, 0.25) is 0 Å². The lowest BCUT2D eigenvalue weighted by Crippen LogP contribution is -2.28. The second-order valence-electron chi connectivity index (χ2n) is 2.85. The van der Waals surface area contributed by atoms with Crippen LogP contribution in [0.4, 0.5) is 0 Å². The van der Waals surface area contributed by atoms with Crippen LogP contribution in [0.2, 0.25) is 0 Å². The highest BCUT2D eigenvalue weighted by atomic mass is 16.5. The number of H-pyrrole nitrogens is 1. The number of hydrogen-bond donors (Lipinski definition) is 1. The Balaban J connectivity index is 2.94. The Morgan fingerprint density at radius 3 is 3.00 bits per heavy atom. The quantitative estimate of drug-likeness (QED) is 0.335. The molecule has 0 aliphatic rings. The van der Waals surface area contributed by atoms with Crippen molar-refractivity contribution in [2.45, 2.75) is 6.92 Å². The molecule has 78 valence electrons. The molecule has 0 radical (unpaired) electrons. The van der Waals surface area contributed by atoms with E-state index in [-0.39, 0.29) is 12.2 Å². The van der Waals surface area contributed by atoms with Crippen LogP contribution in [-0.4, -0.2) is 17.6 Å². The molecule has 1 N–H and O–H groups in total. The lowest BCUT2D eigenvalue weighted by atomic mass is 10.2. The Morgan fingerprint density at radius 1 is 1.80 bits per heavy atom. The van der Waals surface area contributed by atoms with Gasteiger partial charge in [-0.15, -0.1) is 0 Å². The van der Waals surface area contributed by atoms with E-state index < -0.39 is 5.97 Å². The Hall–Kier alpha value is -2.09. The molecule has 1 rings (SSSR count). The van der Waals surface area contributed by atoms with Crippen LogP contribution in [0, 0.1) is 11.3 Å². The van der Waals surface area contributed by atoms with Gasteiger partial charge in [0.05, 0.1) is 19.7 Å². The first kappa shape index (κ1) is 11.0. The number of imidazole rings is 1. The number of aryl methyl sites for hydroxylation is 1. The normalized spacial score (nSPS) is 10.9. The molecule has 5 heteroatoms. The van der Waals surface area contributed by atoms with E-state index in [1.54, 1.807) is 30.0 Å². The average molecular weight is 206 g/mol.